The predicted molar refractivity (Wildman–Crippen MR) is 143 cm³/mol. The van der Waals surface area contributed by atoms with Crippen LogP contribution < -0.4 is 9.64 Å². The normalized spacial score (nSPS) is 17.2. The fourth-order valence-electron chi connectivity index (χ4n) is 4.62. The number of ketones is 1. The molecular weight excluding hydrogens is 472 g/mol. The van der Waals surface area contributed by atoms with Crippen molar-refractivity contribution < 1.29 is 19.4 Å². The second-order valence-electron chi connectivity index (χ2n) is 8.97. The summed E-state index contributed by atoms with van der Waals surface area (Å²) in [6, 6.07) is 17.7. The third-order valence-corrected chi connectivity index (χ3v) is 7.28. The minimum atomic E-state index is -0.853. The molecule has 0 saturated carbocycles. The van der Waals surface area contributed by atoms with Crippen LogP contribution in [0.2, 0.25) is 0 Å². The van der Waals surface area contributed by atoms with E-state index in [1.807, 2.05) is 70.2 Å². The lowest BCUT2D eigenvalue weighted by Crippen LogP contribution is -2.29. The van der Waals surface area contributed by atoms with E-state index in [9.17, 15) is 14.7 Å². The van der Waals surface area contributed by atoms with Crippen LogP contribution in [-0.4, -0.2) is 28.4 Å². The van der Waals surface area contributed by atoms with Gasteiger partial charge in [0.2, 0.25) is 0 Å². The zero-order valence-electron chi connectivity index (χ0n) is 20.5. The Kier molecular flexibility index (Phi) is 6.10. The molecule has 1 aliphatic rings. The van der Waals surface area contributed by atoms with Crippen LogP contribution in [0.5, 0.6) is 5.75 Å². The Labute approximate surface area is 213 Å². The number of carbonyl (C=O) groups is 2. The van der Waals surface area contributed by atoms with Crippen molar-refractivity contribution in [3.63, 3.8) is 0 Å². The molecule has 1 unspecified atom stereocenters. The molecule has 5 rings (SSSR count). The van der Waals surface area contributed by atoms with Gasteiger partial charge in [0.15, 0.2) is 5.13 Å². The lowest BCUT2D eigenvalue weighted by atomic mass is 9.95. The van der Waals surface area contributed by atoms with E-state index in [4.69, 9.17) is 9.72 Å². The Balaban J connectivity index is 1.74. The number of benzene rings is 3. The Hall–Kier alpha value is -3.97. The van der Waals surface area contributed by atoms with Gasteiger partial charge in [-0.2, -0.15) is 0 Å². The van der Waals surface area contributed by atoms with Crippen LogP contribution in [0.15, 0.2) is 66.2 Å². The molecule has 1 N–H and O–H groups in total. The minimum absolute atomic E-state index is 0.0321. The van der Waals surface area contributed by atoms with Gasteiger partial charge in [0.1, 0.15) is 11.5 Å². The van der Waals surface area contributed by atoms with Gasteiger partial charge in [-0.05, 0) is 62.6 Å². The highest BCUT2D eigenvalue weighted by molar-refractivity contribution is 7.22. The summed E-state index contributed by atoms with van der Waals surface area (Å²) < 4.78 is 6.63. The molecule has 0 radical (unpaired) electrons. The summed E-state index contributed by atoms with van der Waals surface area (Å²) in [6.45, 7) is 8.30. The summed E-state index contributed by atoms with van der Waals surface area (Å²) in [5, 5.41) is 11.7. The molecule has 3 aromatic carbocycles. The summed E-state index contributed by atoms with van der Waals surface area (Å²) in [7, 11) is 0. The summed E-state index contributed by atoms with van der Waals surface area (Å²) in [5.74, 6) is -1.06. The highest BCUT2D eigenvalue weighted by Crippen LogP contribution is 2.45. The molecule has 36 heavy (non-hydrogen) atoms. The molecular formula is C29H26N2O4S. The SMILES string of the molecule is CCOc1cccc(C2/C(=C(\O)c3ccc(C)cc3)C(=O)C(=O)N2c2nc3c(C)cc(C)cc3s2)c1. The van der Waals surface area contributed by atoms with Gasteiger partial charge in [-0.1, -0.05) is 59.4 Å². The Morgan fingerprint density at radius 3 is 2.50 bits per heavy atom. The van der Waals surface area contributed by atoms with Crippen LogP contribution in [-0.2, 0) is 9.59 Å². The molecule has 1 fully saturated rings. The summed E-state index contributed by atoms with van der Waals surface area (Å²) >= 11 is 1.36. The second kappa shape index (κ2) is 9.24. The quantitative estimate of drug-likeness (QED) is 0.200. The van der Waals surface area contributed by atoms with E-state index >= 15 is 0 Å². The van der Waals surface area contributed by atoms with E-state index in [1.165, 1.54) is 16.2 Å². The number of rotatable bonds is 5. The highest BCUT2D eigenvalue weighted by Gasteiger charge is 2.48. The Morgan fingerprint density at radius 2 is 1.78 bits per heavy atom. The highest BCUT2D eigenvalue weighted by atomic mass is 32.1. The lowest BCUT2D eigenvalue weighted by Gasteiger charge is -2.23. The number of fused-ring (bicyclic) bond motifs is 1. The number of nitrogens with zero attached hydrogens (tertiary/aromatic N) is 2. The van der Waals surface area contributed by atoms with E-state index in [2.05, 4.69) is 0 Å². The van der Waals surface area contributed by atoms with Gasteiger partial charge < -0.3 is 9.84 Å². The van der Waals surface area contributed by atoms with E-state index < -0.39 is 17.7 Å². The van der Waals surface area contributed by atoms with Crippen molar-refractivity contribution in [1.82, 2.24) is 4.98 Å². The van der Waals surface area contributed by atoms with Crippen molar-refractivity contribution in [3.05, 3.63) is 94.1 Å². The molecule has 182 valence electrons. The molecule has 1 aliphatic heterocycles. The molecule has 2 heterocycles. The maximum absolute atomic E-state index is 13.5. The molecule has 0 aliphatic carbocycles. The zero-order valence-corrected chi connectivity index (χ0v) is 21.3. The van der Waals surface area contributed by atoms with Gasteiger partial charge in [-0.3, -0.25) is 14.5 Å². The van der Waals surface area contributed by atoms with Crippen LogP contribution in [0.3, 0.4) is 0 Å². The number of thiazole rings is 1. The molecule has 7 heteroatoms. The Bertz CT molecular complexity index is 1530. The predicted octanol–water partition coefficient (Wildman–Crippen LogP) is 6.25. The largest absolute Gasteiger partial charge is 0.507 e. The lowest BCUT2D eigenvalue weighted by molar-refractivity contribution is -0.132. The minimum Gasteiger partial charge on any atom is -0.507 e. The number of hydrogen-bond acceptors (Lipinski definition) is 6. The Morgan fingerprint density at radius 1 is 1.03 bits per heavy atom. The maximum Gasteiger partial charge on any atom is 0.301 e. The number of aliphatic hydroxyl groups is 1. The van der Waals surface area contributed by atoms with Crippen LogP contribution in [0.25, 0.3) is 16.0 Å². The molecule has 1 saturated heterocycles. The third-order valence-electron chi connectivity index (χ3n) is 6.28. The second-order valence-corrected chi connectivity index (χ2v) is 9.97. The number of carbonyl (C=O) groups excluding carboxylic acids is 2. The van der Waals surface area contributed by atoms with Crippen LogP contribution >= 0.6 is 11.3 Å². The van der Waals surface area contributed by atoms with Crippen molar-refractivity contribution in [2.75, 3.05) is 11.5 Å². The maximum atomic E-state index is 13.5. The molecule has 6 nitrogen and oxygen atoms in total. The summed E-state index contributed by atoms with van der Waals surface area (Å²) in [4.78, 5) is 33.1. The van der Waals surface area contributed by atoms with Crippen molar-refractivity contribution in [2.24, 2.45) is 0 Å². The number of aryl methyl sites for hydroxylation is 3. The first-order valence-electron chi connectivity index (χ1n) is 11.8. The van der Waals surface area contributed by atoms with Gasteiger partial charge in [0.05, 0.1) is 28.4 Å². The number of Topliss-reactive ketones (excluding diaryl/α,β-unsaturated/α-hetero) is 1. The van der Waals surface area contributed by atoms with E-state index in [-0.39, 0.29) is 11.3 Å². The smallest absolute Gasteiger partial charge is 0.301 e. The van der Waals surface area contributed by atoms with Crippen molar-refractivity contribution in [1.29, 1.82) is 0 Å². The van der Waals surface area contributed by atoms with Gasteiger partial charge in [-0.25, -0.2) is 4.98 Å². The summed E-state index contributed by atoms with van der Waals surface area (Å²) in [6.07, 6.45) is 0. The molecule has 0 spiro atoms. The first-order valence-corrected chi connectivity index (χ1v) is 12.6. The molecule has 4 aromatic rings. The summed E-state index contributed by atoms with van der Waals surface area (Å²) in [5.41, 5.74) is 5.07. The van der Waals surface area contributed by atoms with Crippen LogP contribution in [0.4, 0.5) is 5.13 Å². The van der Waals surface area contributed by atoms with Gasteiger partial charge in [0, 0.05) is 5.56 Å². The van der Waals surface area contributed by atoms with Crippen molar-refractivity contribution in [2.45, 2.75) is 33.7 Å². The first kappa shape index (κ1) is 23.8. The molecule has 1 amide bonds. The zero-order chi connectivity index (χ0) is 25.6. The van der Waals surface area contributed by atoms with E-state index in [0.29, 0.717) is 28.6 Å². The van der Waals surface area contributed by atoms with Gasteiger partial charge in [-0.15, -0.1) is 0 Å². The first-order chi connectivity index (χ1) is 17.3. The number of hydrogen-bond donors (Lipinski definition) is 1. The van der Waals surface area contributed by atoms with Crippen LogP contribution in [0.1, 0.15) is 40.8 Å². The fourth-order valence-corrected chi connectivity index (χ4v) is 5.78. The number of anilines is 1. The van der Waals surface area contributed by atoms with Crippen molar-refractivity contribution in [3.8, 4) is 5.75 Å². The topological polar surface area (TPSA) is 79.7 Å². The average Bonchev–Trinajstić information content (AvgIpc) is 3.38. The monoisotopic (exact) mass is 498 g/mol. The van der Waals surface area contributed by atoms with Crippen LogP contribution in [0, 0.1) is 20.8 Å². The molecule has 0 bridgehead atoms. The number of aromatic nitrogens is 1. The number of aliphatic hydroxyl groups excluding tert-OH is 1. The fraction of sp³-hybridized carbons (Fsp3) is 0.207. The van der Waals surface area contributed by atoms with Gasteiger partial charge >= 0.3 is 5.91 Å². The molecule has 1 atom stereocenters. The standard InChI is InChI=1S/C29H26N2O4S/c1-5-35-21-8-6-7-20(15-21)25-23(26(32)19-11-9-16(2)10-12-19)27(33)28(34)31(25)29-30-24-18(4)13-17(3)14-22(24)36-29/h6-15,25,32H,5H2,1-4H3/b26-23+. The third kappa shape index (κ3) is 4.05. The molecule has 1 aromatic heterocycles. The van der Waals surface area contributed by atoms with Gasteiger partial charge in [0.25, 0.3) is 5.78 Å². The van der Waals surface area contributed by atoms with Crippen molar-refractivity contribution >= 4 is 44.1 Å². The van der Waals surface area contributed by atoms with E-state index in [0.717, 1.165) is 26.9 Å². The number of ether oxygens (including phenoxy) is 1. The van der Waals surface area contributed by atoms with E-state index in [1.54, 1.807) is 18.2 Å². The average molecular weight is 499 g/mol. The number of amides is 1.